The van der Waals surface area contributed by atoms with Gasteiger partial charge in [0.15, 0.2) is 5.15 Å². The monoisotopic (exact) mass is 238 g/mol. The standard InChI is InChI=1S/C11H15ClN4/c1-13-7-5-9-15-11(12)10(16(9)2)8-4-3-6-14-8/h3-4,6,13-14H,5,7H2,1-2H3. The second-order valence-corrected chi connectivity index (χ2v) is 4.02. The van der Waals surface area contributed by atoms with Gasteiger partial charge in [0.25, 0.3) is 0 Å². The van der Waals surface area contributed by atoms with Crippen LogP contribution in [0.4, 0.5) is 0 Å². The van der Waals surface area contributed by atoms with Crippen LogP contribution < -0.4 is 5.32 Å². The normalized spacial score (nSPS) is 10.9. The summed E-state index contributed by atoms with van der Waals surface area (Å²) in [6.45, 7) is 0.894. The van der Waals surface area contributed by atoms with E-state index in [1.807, 2.05) is 37.0 Å². The summed E-state index contributed by atoms with van der Waals surface area (Å²) < 4.78 is 2.03. The Kier molecular flexibility index (Phi) is 3.31. The second-order valence-electron chi connectivity index (χ2n) is 3.66. The average Bonchev–Trinajstić information content (AvgIpc) is 2.85. The van der Waals surface area contributed by atoms with E-state index in [1.165, 1.54) is 0 Å². The first-order valence-electron chi connectivity index (χ1n) is 5.23. The summed E-state index contributed by atoms with van der Waals surface area (Å²) in [5.41, 5.74) is 1.94. The Morgan fingerprint density at radius 1 is 1.56 bits per heavy atom. The number of halogens is 1. The van der Waals surface area contributed by atoms with Crippen LogP contribution in [0.15, 0.2) is 18.3 Å². The molecule has 0 spiro atoms. The van der Waals surface area contributed by atoms with Crippen LogP contribution in [0.2, 0.25) is 5.15 Å². The number of H-pyrrole nitrogens is 1. The lowest BCUT2D eigenvalue weighted by molar-refractivity contribution is 0.720. The number of aromatic amines is 1. The number of hydrogen-bond acceptors (Lipinski definition) is 2. The summed E-state index contributed by atoms with van der Waals surface area (Å²) in [4.78, 5) is 7.52. The molecular formula is C11H15ClN4. The fourth-order valence-electron chi connectivity index (χ4n) is 1.74. The first kappa shape index (κ1) is 11.2. The molecule has 0 saturated heterocycles. The lowest BCUT2D eigenvalue weighted by Crippen LogP contribution is -2.13. The van der Waals surface area contributed by atoms with E-state index >= 15 is 0 Å². The summed E-state index contributed by atoms with van der Waals surface area (Å²) >= 11 is 6.15. The van der Waals surface area contributed by atoms with Crippen molar-refractivity contribution < 1.29 is 0 Å². The molecule has 2 N–H and O–H groups in total. The SMILES string of the molecule is CNCCc1nc(Cl)c(-c2ccc[nH]2)n1C. The highest BCUT2D eigenvalue weighted by atomic mass is 35.5. The largest absolute Gasteiger partial charge is 0.360 e. The number of likely N-dealkylation sites (N-methyl/N-ethyl adjacent to an activating group) is 1. The van der Waals surface area contributed by atoms with Crippen molar-refractivity contribution in [3.8, 4) is 11.4 Å². The molecule has 16 heavy (non-hydrogen) atoms. The predicted octanol–water partition coefficient (Wildman–Crippen LogP) is 1.83. The molecule has 0 fully saturated rings. The topological polar surface area (TPSA) is 45.6 Å². The first-order valence-corrected chi connectivity index (χ1v) is 5.61. The van der Waals surface area contributed by atoms with Crippen molar-refractivity contribution in [2.45, 2.75) is 6.42 Å². The molecule has 2 heterocycles. The lowest BCUT2D eigenvalue weighted by atomic mass is 10.3. The highest BCUT2D eigenvalue weighted by Gasteiger charge is 2.14. The Morgan fingerprint density at radius 2 is 2.38 bits per heavy atom. The van der Waals surface area contributed by atoms with Crippen molar-refractivity contribution in [3.05, 3.63) is 29.3 Å². The van der Waals surface area contributed by atoms with Crippen molar-refractivity contribution in [2.75, 3.05) is 13.6 Å². The van der Waals surface area contributed by atoms with E-state index in [-0.39, 0.29) is 0 Å². The van der Waals surface area contributed by atoms with Crippen molar-refractivity contribution in [1.82, 2.24) is 19.9 Å². The fourth-order valence-corrected chi connectivity index (χ4v) is 2.06. The zero-order valence-corrected chi connectivity index (χ0v) is 10.2. The molecule has 0 aliphatic rings. The molecule has 4 nitrogen and oxygen atoms in total. The number of hydrogen-bond donors (Lipinski definition) is 2. The van der Waals surface area contributed by atoms with Crippen LogP contribution in [0.1, 0.15) is 5.82 Å². The highest BCUT2D eigenvalue weighted by molar-refractivity contribution is 6.31. The summed E-state index contributed by atoms with van der Waals surface area (Å²) in [6, 6.07) is 3.94. The van der Waals surface area contributed by atoms with Gasteiger partial charge in [0, 0.05) is 26.2 Å². The molecule has 2 aromatic heterocycles. The number of nitrogens with one attached hydrogen (secondary N) is 2. The van der Waals surface area contributed by atoms with Crippen LogP contribution in [0.3, 0.4) is 0 Å². The zero-order chi connectivity index (χ0) is 11.5. The van der Waals surface area contributed by atoms with Gasteiger partial charge >= 0.3 is 0 Å². The van der Waals surface area contributed by atoms with Crippen LogP contribution in [-0.2, 0) is 13.5 Å². The molecule has 0 radical (unpaired) electrons. The van der Waals surface area contributed by atoms with E-state index in [1.54, 1.807) is 0 Å². The van der Waals surface area contributed by atoms with E-state index in [0.717, 1.165) is 30.2 Å². The summed E-state index contributed by atoms with van der Waals surface area (Å²) in [5, 5.41) is 3.65. The maximum atomic E-state index is 6.15. The Hall–Kier alpha value is -1.26. The summed E-state index contributed by atoms with van der Waals surface area (Å²) in [6.07, 6.45) is 2.75. The van der Waals surface area contributed by atoms with Gasteiger partial charge < -0.3 is 14.9 Å². The van der Waals surface area contributed by atoms with Crippen LogP contribution in [-0.4, -0.2) is 28.1 Å². The van der Waals surface area contributed by atoms with E-state index in [4.69, 9.17) is 11.6 Å². The van der Waals surface area contributed by atoms with Crippen molar-refractivity contribution >= 4 is 11.6 Å². The third kappa shape index (κ3) is 1.99. The number of nitrogens with zero attached hydrogens (tertiary/aromatic N) is 2. The Balaban J connectivity index is 2.36. The van der Waals surface area contributed by atoms with Crippen LogP contribution in [0.25, 0.3) is 11.4 Å². The molecule has 0 unspecified atom stereocenters. The summed E-state index contributed by atoms with van der Waals surface area (Å²) in [5.74, 6) is 0.990. The van der Waals surface area contributed by atoms with Gasteiger partial charge in [-0.3, -0.25) is 0 Å². The van der Waals surface area contributed by atoms with Gasteiger partial charge in [-0.05, 0) is 19.2 Å². The average molecular weight is 239 g/mol. The minimum Gasteiger partial charge on any atom is -0.360 e. The Bertz CT molecular complexity index is 459. The molecule has 0 aliphatic carbocycles. The van der Waals surface area contributed by atoms with E-state index in [0.29, 0.717) is 5.15 Å². The van der Waals surface area contributed by atoms with Crippen LogP contribution >= 0.6 is 11.6 Å². The second kappa shape index (κ2) is 4.72. The quantitative estimate of drug-likeness (QED) is 0.854. The molecule has 0 bridgehead atoms. The van der Waals surface area contributed by atoms with Gasteiger partial charge in [0.05, 0.1) is 5.69 Å². The molecule has 0 aromatic carbocycles. The van der Waals surface area contributed by atoms with Crippen LogP contribution in [0.5, 0.6) is 0 Å². The zero-order valence-electron chi connectivity index (χ0n) is 9.42. The van der Waals surface area contributed by atoms with Gasteiger partial charge in [0.2, 0.25) is 0 Å². The number of imidazole rings is 1. The first-order chi connectivity index (χ1) is 7.74. The molecule has 0 aliphatic heterocycles. The molecule has 0 atom stereocenters. The molecular weight excluding hydrogens is 224 g/mol. The predicted molar refractivity (Wildman–Crippen MR) is 65.6 cm³/mol. The van der Waals surface area contributed by atoms with Gasteiger partial charge in [-0.2, -0.15) is 0 Å². The van der Waals surface area contributed by atoms with Gasteiger partial charge in [-0.1, -0.05) is 11.6 Å². The van der Waals surface area contributed by atoms with Crippen molar-refractivity contribution in [2.24, 2.45) is 7.05 Å². The minimum atomic E-state index is 0.552. The van der Waals surface area contributed by atoms with E-state index in [9.17, 15) is 0 Å². The third-order valence-electron chi connectivity index (χ3n) is 2.60. The third-order valence-corrected chi connectivity index (χ3v) is 2.86. The maximum absolute atomic E-state index is 6.15. The number of aromatic nitrogens is 3. The Labute approximate surface area is 99.6 Å². The number of rotatable bonds is 4. The van der Waals surface area contributed by atoms with Crippen molar-refractivity contribution in [1.29, 1.82) is 0 Å². The van der Waals surface area contributed by atoms with Crippen molar-refractivity contribution in [3.63, 3.8) is 0 Å². The smallest absolute Gasteiger partial charge is 0.156 e. The molecule has 0 amide bonds. The molecule has 2 aromatic rings. The lowest BCUT2D eigenvalue weighted by Gasteiger charge is -2.04. The summed E-state index contributed by atoms with van der Waals surface area (Å²) in [7, 11) is 3.91. The molecule has 5 heteroatoms. The molecule has 2 rings (SSSR count). The Morgan fingerprint density at radius 3 is 3.00 bits per heavy atom. The van der Waals surface area contributed by atoms with E-state index < -0.39 is 0 Å². The molecule has 86 valence electrons. The minimum absolute atomic E-state index is 0.552. The molecule has 0 saturated carbocycles. The highest BCUT2D eigenvalue weighted by Crippen LogP contribution is 2.26. The maximum Gasteiger partial charge on any atom is 0.156 e. The van der Waals surface area contributed by atoms with Crippen LogP contribution in [0, 0.1) is 0 Å². The van der Waals surface area contributed by atoms with Gasteiger partial charge in [-0.15, -0.1) is 0 Å². The van der Waals surface area contributed by atoms with E-state index in [2.05, 4.69) is 15.3 Å². The van der Waals surface area contributed by atoms with Gasteiger partial charge in [-0.25, -0.2) is 4.98 Å². The van der Waals surface area contributed by atoms with Gasteiger partial charge in [0.1, 0.15) is 11.5 Å². The fraction of sp³-hybridized carbons (Fsp3) is 0.364.